The number of nitrogens with zero attached hydrogens (tertiary/aromatic N) is 1. The van der Waals surface area contributed by atoms with Crippen LogP contribution in [0.3, 0.4) is 0 Å². The fraction of sp³-hybridized carbons (Fsp3) is 0.556. The molecule has 1 aromatic carbocycles. The van der Waals surface area contributed by atoms with E-state index in [2.05, 4.69) is 34.6 Å². The Bertz CT molecular complexity index is 488. The number of rotatable bonds is 9. The molecule has 0 fully saturated rings. The number of nitrogens with one attached hydrogen (secondary N) is 2. The van der Waals surface area contributed by atoms with Gasteiger partial charge in [-0.05, 0) is 31.4 Å². The summed E-state index contributed by atoms with van der Waals surface area (Å²) in [5.74, 6) is -0.228. The van der Waals surface area contributed by atoms with Gasteiger partial charge in [-0.2, -0.15) is 0 Å². The zero-order valence-electron chi connectivity index (χ0n) is 14.6. The average Bonchev–Trinajstić information content (AvgIpc) is 2.53. The van der Waals surface area contributed by atoms with Gasteiger partial charge in [0, 0.05) is 32.2 Å². The molecule has 5 nitrogen and oxygen atoms in total. The maximum atomic E-state index is 12.2. The lowest BCUT2D eigenvalue weighted by molar-refractivity contribution is -0.129. The van der Waals surface area contributed by atoms with Crippen LogP contribution < -0.4 is 15.5 Å². The van der Waals surface area contributed by atoms with Gasteiger partial charge in [-0.1, -0.05) is 32.0 Å². The quantitative estimate of drug-likeness (QED) is 0.686. The summed E-state index contributed by atoms with van der Waals surface area (Å²) in [6.07, 6.45) is 0.860. The zero-order valence-corrected chi connectivity index (χ0v) is 14.6. The Morgan fingerprint density at radius 2 is 1.83 bits per heavy atom. The van der Waals surface area contributed by atoms with E-state index in [0.29, 0.717) is 6.54 Å². The molecule has 0 saturated carbocycles. The van der Waals surface area contributed by atoms with Crippen molar-refractivity contribution in [1.29, 1.82) is 0 Å². The zero-order chi connectivity index (χ0) is 17.2. The molecule has 1 atom stereocenters. The highest BCUT2D eigenvalue weighted by atomic mass is 16.2. The Labute approximate surface area is 139 Å². The van der Waals surface area contributed by atoms with Crippen molar-refractivity contribution < 1.29 is 9.59 Å². The van der Waals surface area contributed by atoms with Gasteiger partial charge in [0.1, 0.15) is 6.04 Å². The number of amides is 2. The fourth-order valence-corrected chi connectivity index (χ4v) is 2.45. The van der Waals surface area contributed by atoms with Crippen molar-refractivity contribution in [3.8, 4) is 0 Å². The van der Waals surface area contributed by atoms with Gasteiger partial charge in [-0.3, -0.25) is 9.59 Å². The monoisotopic (exact) mass is 319 g/mol. The predicted molar refractivity (Wildman–Crippen MR) is 94.4 cm³/mol. The van der Waals surface area contributed by atoms with Crippen LogP contribution in [-0.2, 0) is 9.59 Å². The van der Waals surface area contributed by atoms with Gasteiger partial charge in [0.2, 0.25) is 11.8 Å². The maximum absolute atomic E-state index is 12.2. The smallest absolute Gasteiger partial charge is 0.242 e. The molecule has 1 rings (SSSR count). The van der Waals surface area contributed by atoms with Gasteiger partial charge in [0.25, 0.3) is 0 Å². The summed E-state index contributed by atoms with van der Waals surface area (Å²) in [5.41, 5.74) is 1.19. The summed E-state index contributed by atoms with van der Waals surface area (Å²) in [6.45, 7) is 9.82. The molecule has 0 aliphatic rings. The van der Waals surface area contributed by atoms with Crippen LogP contribution in [0.2, 0.25) is 0 Å². The molecule has 5 heteroatoms. The van der Waals surface area contributed by atoms with Crippen LogP contribution in [-0.4, -0.2) is 37.5 Å². The standard InChI is InChI=1S/C18H29N3O2/c1-5-21(16-10-7-6-8-11-16)13-9-12-19-18(23)17(14(2)3)20-15(4)22/h6-8,10-11,14,17H,5,9,12-13H2,1-4H3,(H,19,23)(H,20,22). The van der Waals surface area contributed by atoms with E-state index in [9.17, 15) is 9.59 Å². The summed E-state index contributed by atoms with van der Waals surface area (Å²) in [5, 5.41) is 5.62. The summed E-state index contributed by atoms with van der Waals surface area (Å²) < 4.78 is 0. The molecular weight excluding hydrogens is 290 g/mol. The van der Waals surface area contributed by atoms with Crippen molar-refractivity contribution >= 4 is 17.5 Å². The van der Waals surface area contributed by atoms with E-state index in [1.807, 2.05) is 32.0 Å². The number of hydrogen-bond donors (Lipinski definition) is 2. The lowest BCUT2D eigenvalue weighted by Crippen LogP contribution is -2.49. The van der Waals surface area contributed by atoms with Crippen molar-refractivity contribution in [3.63, 3.8) is 0 Å². The number of carbonyl (C=O) groups excluding carboxylic acids is 2. The van der Waals surface area contributed by atoms with E-state index >= 15 is 0 Å². The Morgan fingerprint density at radius 1 is 1.17 bits per heavy atom. The first-order chi connectivity index (χ1) is 11.0. The molecule has 0 heterocycles. The lowest BCUT2D eigenvalue weighted by atomic mass is 10.0. The number of anilines is 1. The highest BCUT2D eigenvalue weighted by Crippen LogP contribution is 2.12. The van der Waals surface area contributed by atoms with Crippen LogP contribution in [0.25, 0.3) is 0 Å². The summed E-state index contributed by atoms with van der Waals surface area (Å²) in [7, 11) is 0. The second-order valence-corrected chi connectivity index (χ2v) is 5.98. The summed E-state index contributed by atoms with van der Waals surface area (Å²) >= 11 is 0. The van der Waals surface area contributed by atoms with E-state index in [1.165, 1.54) is 12.6 Å². The van der Waals surface area contributed by atoms with E-state index in [0.717, 1.165) is 19.5 Å². The maximum Gasteiger partial charge on any atom is 0.242 e. The summed E-state index contributed by atoms with van der Waals surface area (Å²) in [6, 6.07) is 9.78. The normalized spacial score (nSPS) is 11.9. The molecule has 23 heavy (non-hydrogen) atoms. The Morgan fingerprint density at radius 3 is 2.35 bits per heavy atom. The largest absolute Gasteiger partial charge is 0.372 e. The van der Waals surface area contributed by atoms with Crippen molar-refractivity contribution in [2.45, 2.75) is 40.2 Å². The molecule has 2 N–H and O–H groups in total. The molecule has 1 unspecified atom stereocenters. The van der Waals surface area contributed by atoms with E-state index < -0.39 is 6.04 Å². The molecule has 0 aliphatic carbocycles. The first-order valence-electron chi connectivity index (χ1n) is 8.30. The molecule has 0 bridgehead atoms. The molecule has 0 spiro atoms. The predicted octanol–water partition coefficient (Wildman–Crippen LogP) is 2.18. The molecular formula is C18H29N3O2. The molecule has 0 radical (unpaired) electrons. The van der Waals surface area contributed by atoms with Gasteiger partial charge in [0.15, 0.2) is 0 Å². The number of carbonyl (C=O) groups is 2. The third-order valence-electron chi connectivity index (χ3n) is 3.72. The van der Waals surface area contributed by atoms with Gasteiger partial charge in [0.05, 0.1) is 0 Å². The SMILES string of the molecule is CCN(CCCNC(=O)C(NC(C)=O)C(C)C)c1ccccc1. The van der Waals surface area contributed by atoms with Crippen molar-refractivity contribution in [1.82, 2.24) is 10.6 Å². The third-order valence-corrected chi connectivity index (χ3v) is 3.72. The number of para-hydroxylation sites is 1. The highest BCUT2D eigenvalue weighted by Gasteiger charge is 2.22. The Hall–Kier alpha value is -2.04. The minimum absolute atomic E-state index is 0.0651. The molecule has 2 amide bonds. The number of hydrogen-bond acceptors (Lipinski definition) is 3. The van der Waals surface area contributed by atoms with Crippen LogP contribution in [0.5, 0.6) is 0 Å². The first-order valence-corrected chi connectivity index (χ1v) is 8.30. The van der Waals surface area contributed by atoms with Crippen LogP contribution in [0.1, 0.15) is 34.1 Å². The Kier molecular flexibility index (Phi) is 8.16. The van der Waals surface area contributed by atoms with Crippen molar-refractivity contribution in [2.75, 3.05) is 24.5 Å². The molecule has 128 valence electrons. The third kappa shape index (κ3) is 6.72. The van der Waals surface area contributed by atoms with E-state index in [-0.39, 0.29) is 17.7 Å². The van der Waals surface area contributed by atoms with Crippen molar-refractivity contribution in [3.05, 3.63) is 30.3 Å². The molecule has 0 aliphatic heterocycles. The number of benzene rings is 1. The second-order valence-electron chi connectivity index (χ2n) is 5.98. The van der Waals surface area contributed by atoms with Crippen molar-refractivity contribution in [2.24, 2.45) is 5.92 Å². The molecule has 0 saturated heterocycles. The van der Waals surface area contributed by atoms with Crippen LogP contribution in [0, 0.1) is 5.92 Å². The van der Waals surface area contributed by atoms with Crippen LogP contribution >= 0.6 is 0 Å². The van der Waals surface area contributed by atoms with E-state index in [1.54, 1.807) is 0 Å². The second kappa shape index (κ2) is 9.87. The summed E-state index contributed by atoms with van der Waals surface area (Å²) in [4.78, 5) is 25.6. The van der Waals surface area contributed by atoms with Crippen LogP contribution in [0.4, 0.5) is 5.69 Å². The van der Waals surface area contributed by atoms with Gasteiger partial charge in [-0.15, -0.1) is 0 Å². The highest BCUT2D eigenvalue weighted by molar-refractivity contribution is 5.86. The lowest BCUT2D eigenvalue weighted by Gasteiger charge is -2.24. The van der Waals surface area contributed by atoms with Gasteiger partial charge < -0.3 is 15.5 Å². The van der Waals surface area contributed by atoms with Crippen LogP contribution in [0.15, 0.2) is 30.3 Å². The fourth-order valence-electron chi connectivity index (χ4n) is 2.45. The molecule has 1 aromatic rings. The van der Waals surface area contributed by atoms with Gasteiger partial charge in [-0.25, -0.2) is 0 Å². The van der Waals surface area contributed by atoms with Gasteiger partial charge >= 0.3 is 0 Å². The minimum Gasteiger partial charge on any atom is -0.372 e. The van der Waals surface area contributed by atoms with E-state index in [4.69, 9.17) is 0 Å². The topological polar surface area (TPSA) is 61.4 Å². The Balaban J connectivity index is 2.40. The average molecular weight is 319 g/mol. The minimum atomic E-state index is -0.469. The molecule has 0 aromatic heterocycles. The first kappa shape index (κ1) is 19.0.